The van der Waals surface area contributed by atoms with Gasteiger partial charge in [0.1, 0.15) is 6.54 Å². The second-order valence-electron chi connectivity index (χ2n) is 4.81. The summed E-state index contributed by atoms with van der Waals surface area (Å²) in [6.45, 7) is -0.304. The fourth-order valence-electron chi connectivity index (χ4n) is 1.93. The second-order valence-corrected chi connectivity index (χ2v) is 8.55. The number of carbonyl (C=O) groups excluding carboxylic acids is 1. The molecule has 0 aliphatic rings. The third-order valence-electron chi connectivity index (χ3n) is 2.89. The van der Waals surface area contributed by atoms with E-state index in [0.29, 0.717) is 11.4 Å². The highest BCUT2D eigenvalue weighted by atomic mass is 79.9. The van der Waals surface area contributed by atoms with Crippen LogP contribution in [0.25, 0.3) is 0 Å². The van der Waals surface area contributed by atoms with E-state index in [-0.39, 0.29) is 6.54 Å². The van der Waals surface area contributed by atoms with Crippen LogP contribution in [0.3, 0.4) is 0 Å². The van der Waals surface area contributed by atoms with Crippen molar-refractivity contribution in [3.8, 4) is 0 Å². The predicted octanol–water partition coefficient (Wildman–Crippen LogP) is 3.62. The van der Waals surface area contributed by atoms with Crippen LogP contribution in [-0.2, 0) is 14.8 Å². The third kappa shape index (κ3) is 5.33. The van der Waals surface area contributed by atoms with Crippen LogP contribution in [-0.4, -0.2) is 27.1 Å². The third-order valence-corrected chi connectivity index (χ3v) is 5.02. The van der Waals surface area contributed by atoms with Crippen molar-refractivity contribution in [3.05, 3.63) is 57.5 Å². The number of halogens is 2. The lowest BCUT2D eigenvalue weighted by atomic mass is 10.3. The highest BCUT2D eigenvalue weighted by Gasteiger charge is 2.21. The normalized spacial score (nSPS) is 11.1. The number of anilines is 2. The van der Waals surface area contributed by atoms with Crippen molar-refractivity contribution in [1.29, 1.82) is 0 Å². The van der Waals surface area contributed by atoms with Gasteiger partial charge in [-0.1, -0.05) is 44.0 Å². The molecule has 1 N–H and O–H groups in total. The summed E-state index contributed by atoms with van der Waals surface area (Å²) in [5.74, 6) is -0.423. The Kier molecular flexibility index (Phi) is 5.83. The van der Waals surface area contributed by atoms with Gasteiger partial charge in [0.15, 0.2) is 0 Å². The summed E-state index contributed by atoms with van der Waals surface area (Å²) in [7, 11) is -3.59. The van der Waals surface area contributed by atoms with E-state index in [9.17, 15) is 13.2 Å². The van der Waals surface area contributed by atoms with Crippen LogP contribution in [0.1, 0.15) is 0 Å². The lowest BCUT2D eigenvalue weighted by Gasteiger charge is -2.22. The van der Waals surface area contributed by atoms with E-state index in [0.717, 1.165) is 19.5 Å². The zero-order chi connectivity index (χ0) is 17.0. The largest absolute Gasteiger partial charge is 0.324 e. The Labute approximate surface area is 152 Å². The Morgan fingerprint density at radius 2 is 1.70 bits per heavy atom. The molecule has 0 atom stereocenters. The molecule has 2 aromatic rings. The van der Waals surface area contributed by atoms with Crippen LogP contribution in [0.2, 0.25) is 0 Å². The van der Waals surface area contributed by atoms with Crippen LogP contribution >= 0.6 is 31.9 Å². The summed E-state index contributed by atoms with van der Waals surface area (Å²) in [6.07, 6.45) is 1.07. The van der Waals surface area contributed by atoms with Gasteiger partial charge < -0.3 is 5.32 Å². The Hall–Kier alpha value is -1.38. The Morgan fingerprint density at radius 3 is 2.26 bits per heavy atom. The first kappa shape index (κ1) is 18.0. The van der Waals surface area contributed by atoms with Gasteiger partial charge in [-0.3, -0.25) is 9.10 Å². The van der Waals surface area contributed by atoms with E-state index in [1.54, 1.807) is 42.5 Å². The minimum absolute atomic E-state index is 0.304. The summed E-state index contributed by atoms with van der Waals surface area (Å²) >= 11 is 6.61. The molecule has 5 nitrogen and oxygen atoms in total. The van der Waals surface area contributed by atoms with Crippen molar-refractivity contribution in [3.63, 3.8) is 0 Å². The molecule has 0 radical (unpaired) electrons. The number of rotatable bonds is 5. The Morgan fingerprint density at radius 1 is 1.09 bits per heavy atom. The molecular formula is C15H14Br2N2O3S. The summed E-state index contributed by atoms with van der Waals surface area (Å²) in [5.41, 5.74) is 1.01. The van der Waals surface area contributed by atoms with E-state index in [1.165, 1.54) is 0 Å². The summed E-state index contributed by atoms with van der Waals surface area (Å²) < 4.78 is 26.6. The van der Waals surface area contributed by atoms with Crippen LogP contribution in [0.15, 0.2) is 57.5 Å². The number of nitrogens with one attached hydrogen (secondary N) is 1. The van der Waals surface area contributed by atoms with Crippen molar-refractivity contribution in [2.75, 3.05) is 22.4 Å². The Bertz CT molecular complexity index is 825. The minimum atomic E-state index is -3.59. The maximum atomic E-state index is 12.2. The molecule has 2 aromatic carbocycles. The summed E-state index contributed by atoms with van der Waals surface area (Å²) in [6, 6.07) is 13.9. The van der Waals surface area contributed by atoms with Gasteiger partial charge in [-0.25, -0.2) is 8.42 Å². The van der Waals surface area contributed by atoms with Gasteiger partial charge in [0, 0.05) is 14.6 Å². The zero-order valence-electron chi connectivity index (χ0n) is 12.2. The molecule has 0 heterocycles. The molecular weight excluding hydrogens is 448 g/mol. The van der Waals surface area contributed by atoms with Crippen LogP contribution < -0.4 is 9.62 Å². The number of benzene rings is 2. The van der Waals surface area contributed by atoms with Crippen LogP contribution in [0.5, 0.6) is 0 Å². The smallest absolute Gasteiger partial charge is 0.245 e. The number of hydrogen-bond donors (Lipinski definition) is 1. The Balaban J connectivity index is 2.20. The molecule has 0 unspecified atom stereocenters. The quantitative estimate of drug-likeness (QED) is 0.739. The van der Waals surface area contributed by atoms with E-state index in [2.05, 4.69) is 37.2 Å². The zero-order valence-corrected chi connectivity index (χ0v) is 16.2. The number of sulfonamides is 1. The standard InChI is InChI=1S/C15H14Br2N2O3S/c1-23(21,22)19(14-7-3-5-12(17)9-14)10-15(20)18-13-6-2-4-11(16)8-13/h2-9H,10H2,1H3,(H,18,20). The number of carbonyl (C=O) groups is 1. The van der Waals surface area contributed by atoms with E-state index in [1.807, 2.05) is 6.07 Å². The molecule has 0 bridgehead atoms. The fourth-order valence-corrected chi connectivity index (χ4v) is 3.56. The SMILES string of the molecule is CS(=O)(=O)N(CC(=O)Nc1cccc(Br)c1)c1cccc(Br)c1. The molecule has 0 saturated heterocycles. The molecule has 122 valence electrons. The van der Waals surface area contributed by atoms with Gasteiger partial charge in [-0.15, -0.1) is 0 Å². The molecule has 0 saturated carbocycles. The van der Waals surface area contributed by atoms with Crippen molar-refractivity contribution in [1.82, 2.24) is 0 Å². The summed E-state index contributed by atoms with van der Waals surface area (Å²) in [5, 5.41) is 2.68. The van der Waals surface area contributed by atoms with Gasteiger partial charge in [0.2, 0.25) is 15.9 Å². The lowest BCUT2D eigenvalue weighted by molar-refractivity contribution is -0.114. The number of hydrogen-bond acceptors (Lipinski definition) is 3. The monoisotopic (exact) mass is 460 g/mol. The first-order valence-electron chi connectivity index (χ1n) is 6.54. The minimum Gasteiger partial charge on any atom is -0.324 e. The van der Waals surface area contributed by atoms with Crippen molar-refractivity contribution in [2.24, 2.45) is 0 Å². The van der Waals surface area contributed by atoms with Crippen molar-refractivity contribution in [2.45, 2.75) is 0 Å². The van der Waals surface area contributed by atoms with E-state index < -0.39 is 15.9 Å². The topological polar surface area (TPSA) is 66.5 Å². The molecule has 0 aromatic heterocycles. The number of amides is 1. The fraction of sp³-hybridized carbons (Fsp3) is 0.133. The molecule has 8 heteroatoms. The molecule has 1 amide bonds. The average Bonchev–Trinajstić information content (AvgIpc) is 2.43. The van der Waals surface area contributed by atoms with E-state index in [4.69, 9.17) is 0 Å². The first-order chi connectivity index (χ1) is 10.8. The van der Waals surface area contributed by atoms with Crippen molar-refractivity contribution < 1.29 is 13.2 Å². The highest BCUT2D eigenvalue weighted by molar-refractivity contribution is 9.10. The van der Waals surface area contributed by atoms with Gasteiger partial charge in [0.05, 0.1) is 11.9 Å². The van der Waals surface area contributed by atoms with Crippen LogP contribution in [0, 0.1) is 0 Å². The maximum absolute atomic E-state index is 12.2. The van der Waals surface area contributed by atoms with Gasteiger partial charge in [-0.2, -0.15) is 0 Å². The molecule has 0 fully saturated rings. The number of nitrogens with zero attached hydrogens (tertiary/aromatic N) is 1. The molecule has 0 spiro atoms. The predicted molar refractivity (Wildman–Crippen MR) is 99.1 cm³/mol. The molecule has 0 aliphatic carbocycles. The van der Waals surface area contributed by atoms with Crippen LogP contribution in [0.4, 0.5) is 11.4 Å². The summed E-state index contributed by atoms with van der Waals surface area (Å²) in [4.78, 5) is 12.2. The molecule has 0 aliphatic heterocycles. The second kappa shape index (κ2) is 7.46. The lowest BCUT2D eigenvalue weighted by Crippen LogP contribution is -2.37. The first-order valence-corrected chi connectivity index (χ1v) is 9.98. The van der Waals surface area contributed by atoms with E-state index >= 15 is 0 Å². The average molecular weight is 462 g/mol. The van der Waals surface area contributed by atoms with Gasteiger partial charge in [0.25, 0.3) is 0 Å². The highest BCUT2D eigenvalue weighted by Crippen LogP contribution is 2.22. The molecule has 2 rings (SSSR count). The maximum Gasteiger partial charge on any atom is 0.245 e. The molecule has 23 heavy (non-hydrogen) atoms. The van der Waals surface area contributed by atoms with Gasteiger partial charge >= 0.3 is 0 Å². The van der Waals surface area contributed by atoms with Crippen molar-refractivity contribution >= 4 is 59.2 Å². The van der Waals surface area contributed by atoms with Gasteiger partial charge in [-0.05, 0) is 36.4 Å².